The molecule has 4 heteroatoms. The van der Waals surface area contributed by atoms with Crippen LogP contribution in [-0.4, -0.2) is 5.11 Å². The van der Waals surface area contributed by atoms with E-state index in [4.69, 9.17) is 16.0 Å². The predicted molar refractivity (Wildman–Crippen MR) is 61.6 cm³/mol. The highest BCUT2D eigenvalue weighted by molar-refractivity contribution is 7.16. The van der Waals surface area contributed by atoms with Crippen LogP contribution in [0.2, 0.25) is 4.34 Å². The van der Waals surface area contributed by atoms with Gasteiger partial charge >= 0.3 is 0 Å². The van der Waals surface area contributed by atoms with Gasteiger partial charge in [0.1, 0.15) is 17.6 Å². The van der Waals surface area contributed by atoms with E-state index in [1.54, 1.807) is 6.07 Å². The highest BCUT2D eigenvalue weighted by atomic mass is 35.5. The number of hydrogen-bond acceptors (Lipinski definition) is 3. The first kappa shape index (κ1) is 10.7. The molecule has 1 unspecified atom stereocenters. The van der Waals surface area contributed by atoms with Crippen LogP contribution in [0.5, 0.6) is 0 Å². The molecule has 15 heavy (non-hydrogen) atoms. The van der Waals surface area contributed by atoms with Crippen molar-refractivity contribution in [3.05, 3.63) is 44.5 Å². The van der Waals surface area contributed by atoms with Gasteiger partial charge in [0, 0.05) is 10.4 Å². The predicted octanol–water partition coefficient (Wildman–Crippen LogP) is 3.69. The fourth-order valence-electron chi connectivity index (χ4n) is 1.55. The summed E-state index contributed by atoms with van der Waals surface area (Å²) in [5.41, 5.74) is 0.811. The molecular formula is C11H11ClO2S. The van der Waals surface area contributed by atoms with Crippen molar-refractivity contribution in [1.82, 2.24) is 0 Å². The van der Waals surface area contributed by atoms with Gasteiger partial charge in [0.2, 0.25) is 0 Å². The Morgan fingerprint density at radius 2 is 2.13 bits per heavy atom. The molecule has 0 amide bonds. The van der Waals surface area contributed by atoms with Crippen LogP contribution >= 0.6 is 22.9 Å². The molecule has 0 spiro atoms. The molecule has 0 saturated heterocycles. The largest absolute Gasteiger partial charge is 0.466 e. The van der Waals surface area contributed by atoms with E-state index in [1.165, 1.54) is 11.3 Å². The third-order valence-corrected chi connectivity index (χ3v) is 3.52. The minimum Gasteiger partial charge on any atom is -0.466 e. The van der Waals surface area contributed by atoms with E-state index in [9.17, 15) is 5.11 Å². The molecule has 0 radical (unpaired) electrons. The Bertz CT molecular complexity index is 473. The minimum atomic E-state index is -0.639. The van der Waals surface area contributed by atoms with Crippen molar-refractivity contribution in [3.63, 3.8) is 0 Å². The lowest BCUT2D eigenvalue weighted by Crippen LogP contribution is -1.96. The van der Waals surface area contributed by atoms with Crippen molar-refractivity contribution in [2.45, 2.75) is 20.0 Å². The van der Waals surface area contributed by atoms with Crippen LogP contribution in [-0.2, 0) is 0 Å². The van der Waals surface area contributed by atoms with Gasteiger partial charge in [0.25, 0.3) is 0 Å². The highest BCUT2D eigenvalue weighted by Gasteiger charge is 2.17. The van der Waals surface area contributed by atoms with Crippen LogP contribution in [0.3, 0.4) is 0 Å². The van der Waals surface area contributed by atoms with Gasteiger partial charge in [0.05, 0.1) is 4.34 Å². The maximum atomic E-state index is 10.1. The Labute approximate surface area is 97.1 Å². The summed E-state index contributed by atoms with van der Waals surface area (Å²) in [5.74, 6) is 1.56. The van der Waals surface area contributed by atoms with Gasteiger partial charge in [-0.2, -0.15) is 0 Å². The highest BCUT2D eigenvalue weighted by Crippen LogP contribution is 2.33. The first-order valence-corrected chi connectivity index (χ1v) is 5.77. The summed E-state index contributed by atoms with van der Waals surface area (Å²) < 4.78 is 6.06. The van der Waals surface area contributed by atoms with E-state index in [-0.39, 0.29) is 0 Å². The topological polar surface area (TPSA) is 33.4 Å². The van der Waals surface area contributed by atoms with Crippen molar-refractivity contribution in [3.8, 4) is 0 Å². The Morgan fingerprint density at radius 3 is 2.60 bits per heavy atom. The summed E-state index contributed by atoms with van der Waals surface area (Å²) >= 11 is 7.20. The second kappa shape index (κ2) is 4.00. The molecule has 2 rings (SSSR count). The third-order valence-electron chi connectivity index (χ3n) is 2.24. The number of aliphatic hydroxyl groups is 1. The molecule has 0 aliphatic carbocycles. The molecule has 0 aliphatic rings. The standard InChI is InChI=1S/C11H11ClO2S/c1-6-5-8(7(2)14-6)11(13)9-3-4-10(12)15-9/h3-5,11,13H,1-2H3. The Morgan fingerprint density at radius 1 is 1.40 bits per heavy atom. The number of halogens is 1. The van der Waals surface area contributed by atoms with Crippen molar-refractivity contribution in [2.75, 3.05) is 0 Å². The molecule has 2 aromatic heterocycles. The lowest BCUT2D eigenvalue weighted by molar-refractivity contribution is 0.222. The van der Waals surface area contributed by atoms with E-state index < -0.39 is 6.10 Å². The monoisotopic (exact) mass is 242 g/mol. The zero-order chi connectivity index (χ0) is 11.0. The van der Waals surface area contributed by atoms with Crippen LogP contribution in [0.1, 0.15) is 28.1 Å². The molecule has 0 aromatic carbocycles. The minimum absolute atomic E-state index is 0.639. The Balaban J connectivity index is 2.35. The Hall–Kier alpha value is -0.770. The quantitative estimate of drug-likeness (QED) is 0.871. The average Bonchev–Trinajstić information content (AvgIpc) is 2.71. The molecule has 1 N–H and O–H groups in total. The van der Waals surface area contributed by atoms with E-state index >= 15 is 0 Å². The van der Waals surface area contributed by atoms with Crippen LogP contribution in [0.4, 0.5) is 0 Å². The molecule has 2 heterocycles. The first-order chi connectivity index (χ1) is 7.08. The van der Waals surface area contributed by atoms with Gasteiger partial charge in [0.15, 0.2) is 0 Å². The second-order valence-electron chi connectivity index (χ2n) is 3.41. The summed E-state index contributed by atoms with van der Waals surface area (Å²) in [6.07, 6.45) is -0.639. The van der Waals surface area contributed by atoms with Crippen molar-refractivity contribution >= 4 is 22.9 Å². The normalized spacial score (nSPS) is 13.1. The maximum absolute atomic E-state index is 10.1. The SMILES string of the molecule is Cc1cc(C(O)c2ccc(Cl)s2)c(C)o1. The van der Waals surface area contributed by atoms with Gasteiger partial charge < -0.3 is 9.52 Å². The average molecular weight is 243 g/mol. The first-order valence-electron chi connectivity index (χ1n) is 4.58. The number of rotatable bonds is 2. The van der Waals surface area contributed by atoms with Gasteiger partial charge in [-0.15, -0.1) is 11.3 Å². The number of hydrogen-bond donors (Lipinski definition) is 1. The van der Waals surface area contributed by atoms with Gasteiger partial charge in [-0.3, -0.25) is 0 Å². The molecule has 0 bridgehead atoms. The molecule has 0 saturated carbocycles. The molecule has 2 nitrogen and oxygen atoms in total. The zero-order valence-corrected chi connectivity index (χ0v) is 10.0. The van der Waals surface area contributed by atoms with Crippen LogP contribution < -0.4 is 0 Å². The molecule has 0 aliphatic heterocycles. The number of furan rings is 1. The zero-order valence-electron chi connectivity index (χ0n) is 8.45. The fraction of sp³-hybridized carbons (Fsp3) is 0.273. The van der Waals surface area contributed by atoms with Gasteiger partial charge in [-0.25, -0.2) is 0 Å². The molecule has 80 valence electrons. The van der Waals surface area contributed by atoms with Crippen molar-refractivity contribution in [1.29, 1.82) is 0 Å². The summed E-state index contributed by atoms with van der Waals surface area (Å²) in [7, 11) is 0. The van der Waals surface area contributed by atoms with Gasteiger partial charge in [-0.05, 0) is 32.0 Å². The lowest BCUT2D eigenvalue weighted by atomic mass is 10.1. The van der Waals surface area contributed by atoms with Crippen LogP contribution in [0, 0.1) is 13.8 Å². The van der Waals surface area contributed by atoms with E-state index in [0.717, 1.165) is 22.0 Å². The smallest absolute Gasteiger partial charge is 0.117 e. The summed E-state index contributed by atoms with van der Waals surface area (Å²) in [6.45, 7) is 3.71. The molecular weight excluding hydrogens is 232 g/mol. The number of aryl methyl sites for hydroxylation is 2. The lowest BCUT2D eigenvalue weighted by Gasteiger charge is -2.06. The summed E-state index contributed by atoms with van der Waals surface area (Å²) in [4.78, 5) is 0.837. The van der Waals surface area contributed by atoms with Crippen molar-refractivity contribution in [2.24, 2.45) is 0 Å². The van der Waals surface area contributed by atoms with E-state index in [2.05, 4.69) is 0 Å². The van der Waals surface area contributed by atoms with E-state index in [1.807, 2.05) is 26.0 Å². The Kier molecular flexibility index (Phi) is 2.87. The van der Waals surface area contributed by atoms with Crippen LogP contribution in [0.25, 0.3) is 0 Å². The summed E-state index contributed by atoms with van der Waals surface area (Å²) in [5, 5.41) is 10.1. The van der Waals surface area contributed by atoms with Gasteiger partial charge in [-0.1, -0.05) is 11.6 Å². The third kappa shape index (κ3) is 2.09. The second-order valence-corrected chi connectivity index (χ2v) is 5.16. The molecule has 1 atom stereocenters. The van der Waals surface area contributed by atoms with E-state index in [0.29, 0.717) is 4.34 Å². The number of aliphatic hydroxyl groups excluding tert-OH is 1. The van der Waals surface area contributed by atoms with Crippen LogP contribution in [0.15, 0.2) is 22.6 Å². The molecule has 2 aromatic rings. The fourth-order valence-corrected chi connectivity index (χ4v) is 2.62. The number of thiophene rings is 1. The molecule has 0 fully saturated rings. The van der Waals surface area contributed by atoms with Crippen molar-refractivity contribution < 1.29 is 9.52 Å². The maximum Gasteiger partial charge on any atom is 0.117 e. The summed E-state index contributed by atoms with van der Waals surface area (Å²) in [6, 6.07) is 5.47.